The molecule has 0 saturated heterocycles. The van der Waals surface area contributed by atoms with Crippen molar-refractivity contribution in [3.8, 4) is 0 Å². The number of rotatable bonds is 1. The summed E-state index contributed by atoms with van der Waals surface area (Å²) in [5.74, 6) is 0. The Hall–Kier alpha value is -5.21. The van der Waals surface area contributed by atoms with E-state index >= 15 is 0 Å². The van der Waals surface area contributed by atoms with Gasteiger partial charge in [-0.3, -0.25) is 4.98 Å². The van der Waals surface area contributed by atoms with Crippen molar-refractivity contribution in [3.05, 3.63) is 174 Å². The maximum absolute atomic E-state index is 4.18. The predicted octanol–water partition coefficient (Wildman–Crippen LogP) is 10.8. The van der Waals surface area contributed by atoms with Crippen LogP contribution in [0.3, 0.4) is 0 Å². The number of pyridine rings is 1. The van der Waals surface area contributed by atoms with Crippen molar-refractivity contribution in [1.82, 2.24) is 4.98 Å². The van der Waals surface area contributed by atoms with E-state index in [-0.39, 0.29) is 0 Å². The summed E-state index contributed by atoms with van der Waals surface area (Å²) in [4.78, 5) is 6.45. The van der Waals surface area contributed by atoms with Crippen LogP contribution in [0.5, 0.6) is 0 Å². The van der Waals surface area contributed by atoms with Crippen LogP contribution in [0, 0.1) is 0 Å². The molecule has 0 saturated carbocycles. The molecule has 7 aromatic rings. The predicted molar refractivity (Wildman–Crippen MR) is 188 cm³/mol. The van der Waals surface area contributed by atoms with Gasteiger partial charge in [-0.15, -0.1) is 0 Å². The minimum atomic E-state index is 0.955. The van der Waals surface area contributed by atoms with Gasteiger partial charge in [0.15, 0.2) is 0 Å². The average molecular weight is 569 g/mol. The second kappa shape index (κ2) is 13.0. The molecule has 2 heterocycles. The largest absolute Gasteiger partial charge is 0.344 e. The highest BCUT2D eigenvalue weighted by Gasteiger charge is 2.13. The van der Waals surface area contributed by atoms with E-state index in [4.69, 9.17) is 0 Å². The maximum Gasteiger partial charge on any atom is 0.0701 e. The van der Waals surface area contributed by atoms with Crippen LogP contribution in [0.15, 0.2) is 152 Å². The lowest BCUT2D eigenvalue weighted by atomic mass is 9.86. The summed E-state index contributed by atoms with van der Waals surface area (Å²) >= 11 is 0. The molecular weight excluding hydrogens is 532 g/mol. The molecule has 0 radical (unpaired) electrons. The van der Waals surface area contributed by atoms with Crippen molar-refractivity contribution >= 4 is 44.2 Å². The highest BCUT2D eigenvalue weighted by Crippen LogP contribution is 2.33. The molecular formula is C42H36N2. The quantitative estimate of drug-likeness (QED) is 0.183. The fraction of sp³-hybridized carbons (Fsp3) is 0.119. The van der Waals surface area contributed by atoms with Crippen LogP contribution < -0.4 is 4.90 Å². The third-order valence-electron chi connectivity index (χ3n) is 8.69. The number of hydrogen-bond acceptors (Lipinski definition) is 2. The van der Waals surface area contributed by atoms with Gasteiger partial charge < -0.3 is 4.90 Å². The Morgan fingerprint density at radius 3 is 2.14 bits per heavy atom. The van der Waals surface area contributed by atoms with Crippen LogP contribution in [0.4, 0.5) is 5.69 Å². The normalized spacial score (nSPS) is 13.3. The number of para-hydroxylation sites is 2. The SMILES string of the molecule is C1=CN(c2ccccc2)Cc2ccccc21.c1ccc2c(c1)ccc1c3c(ccc12)CCCC3.c1ccc2ncccc2c1. The van der Waals surface area contributed by atoms with Crippen molar-refractivity contribution in [1.29, 1.82) is 0 Å². The van der Waals surface area contributed by atoms with E-state index in [2.05, 4.69) is 131 Å². The van der Waals surface area contributed by atoms with Gasteiger partial charge in [0.05, 0.1) is 5.52 Å². The van der Waals surface area contributed by atoms with E-state index in [1.807, 2.05) is 36.5 Å². The van der Waals surface area contributed by atoms with E-state index in [9.17, 15) is 0 Å². The van der Waals surface area contributed by atoms with E-state index in [1.54, 1.807) is 11.1 Å². The monoisotopic (exact) mass is 568 g/mol. The third kappa shape index (κ3) is 5.98. The summed E-state index contributed by atoms with van der Waals surface area (Å²) in [5.41, 5.74) is 8.19. The lowest BCUT2D eigenvalue weighted by Crippen LogP contribution is -2.18. The number of nitrogens with zero attached hydrogens (tertiary/aromatic N) is 2. The van der Waals surface area contributed by atoms with Crippen LogP contribution in [-0.2, 0) is 19.4 Å². The first-order valence-corrected chi connectivity index (χ1v) is 15.6. The maximum atomic E-state index is 4.18. The standard InChI is InChI=1S/C18H16.C15H13N.C9H7N/c1-3-7-15-13(5-1)9-11-18-16-8-4-2-6-14(16)10-12-17(15)18;1-2-8-15(9-3-1)16-11-10-13-6-4-5-7-14(13)12-16;1-2-6-9-8(4-1)5-3-7-10-9/h1,3,5,7,9-12H,2,4,6,8H2;1-11H,12H2;1-7H. The van der Waals surface area contributed by atoms with Gasteiger partial charge in [0.2, 0.25) is 0 Å². The van der Waals surface area contributed by atoms with Crippen LogP contribution in [-0.4, -0.2) is 4.98 Å². The lowest BCUT2D eigenvalue weighted by molar-refractivity contribution is 0.690. The van der Waals surface area contributed by atoms with E-state index < -0.39 is 0 Å². The number of anilines is 1. The highest BCUT2D eigenvalue weighted by atomic mass is 15.1. The molecule has 214 valence electrons. The summed E-state index contributed by atoms with van der Waals surface area (Å²) < 4.78 is 0. The second-order valence-corrected chi connectivity index (χ2v) is 11.5. The Bertz CT molecular complexity index is 1990. The molecule has 0 fully saturated rings. The summed E-state index contributed by atoms with van der Waals surface area (Å²) in [7, 11) is 0. The molecule has 0 N–H and O–H groups in total. The molecule has 44 heavy (non-hydrogen) atoms. The summed E-state index contributed by atoms with van der Waals surface area (Å²) in [6.45, 7) is 0.955. The molecule has 9 rings (SSSR count). The molecule has 0 atom stereocenters. The first kappa shape index (κ1) is 27.6. The molecule has 1 aliphatic carbocycles. The highest BCUT2D eigenvalue weighted by molar-refractivity contribution is 6.08. The third-order valence-corrected chi connectivity index (χ3v) is 8.69. The van der Waals surface area contributed by atoms with Gasteiger partial charge in [0.25, 0.3) is 0 Å². The van der Waals surface area contributed by atoms with Gasteiger partial charge in [-0.2, -0.15) is 0 Å². The van der Waals surface area contributed by atoms with Crippen LogP contribution in [0.25, 0.3) is 38.5 Å². The van der Waals surface area contributed by atoms with Gasteiger partial charge >= 0.3 is 0 Å². The topological polar surface area (TPSA) is 16.1 Å². The summed E-state index contributed by atoms with van der Waals surface area (Å²) in [5, 5.41) is 6.84. The van der Waals surface area contributed by atoms with Gasteiger partial charge in [0, 0.05) is 30.0 Å². The van der Waals surface area contributed by atoms with E-state index in [0.717, 1.165) is 12.1 Å². The van der Waals surface area contributed by atoms with Gasteiger partial charge in [-0.1, -0.05) is 115 Å². The minimum absolute atomic E-state index is 0.955. The summed E-state index contributed by atoms with van der Waals surface area (Å²) in [6.07, 6.45) is 11.3. The second-order valence-electron chi connectivity index (χ2n) is 11.5. The van der Waals surface area contributed by atoms with Gasteiger partial charge in [-0.05, 0) is 99.8 Å². The molecule has 6 aromatic carbocycles. The fourth-order valence-corrected chi connectivity index (χ4v) is 6.40. The van der Waals surface area contributed by atoms with Gasteiger partial charge in [0.1, 0.15) is 0 Å². The van der Waals surface area contributed by atoms with Crippen LogP contribution >= 0.6 is 0 Å². The lowest BCUT2D eigenvalue weighted by Gasteiger charge is -2.25. The molecule has 2 nitrogen and oxygen atoms in total. The molecule has 0 unspecified atom stereocenters. The zero-order valence-electron chi connectivity index (χ0n) is 24.9. The van der Waals surface area contributed by atoms with Crippen molar-refractivity contribution in [3.63, 3.8) is 0 Å². The average Bonchev–Trinajstić information content (AvgIpc) is 3.12. The number of benzene rings is 6. The molecule has 1 aromatic heterocycles. The molecule has 0 amide bonds. The van der Waals surface area contributed by atoms with E-state index in [0.29, 0.717) is 0 Å². The first-order valence-electron chi connectivity index (χ1n) is 15.6. The Balaban J connectivity index is 0.000000111. The molecule has 0 bridgehead atoms. The minimum Gasteiger partial charge on any atom is -0.344 e. The van der Waals surface area contributed by atoms with Crippen molar-refractivity contribution in [2.24, 2.45) is 0 Å². The Labute approximate surface area is 259 Å². The molecule has 2 aliphatic rings. The Kier molecular flexibility index (Phi) is 8.14. The van der Waals surface area contributed by atoms with Crippen molar-refractivity contribution < 1.29 is 0 Å². The van der Waals surface area contributed by atoms with Crippen molar-refractivity contribution in [2.75, 3.05) is 4.90 Å². The van der Waals surface area contributed by atoms with Crippen LogP contribution in [0.2, 0.25) is 0 Å². The zero-order chi connectivity index (χ0) is 29.6. The first-order chi connectivity index (χ1) is 21.8. The Morgan fingerprint density at radius 1 is 0.500 bits per heavy atom. The fourth-order valence-electron chi connectivity index (χ4n) is 6.40. The number of fused-ring (bicyclic) bond motifs is 7. The summed E-state index contributed by atoms with van der Waals surface area (Å²) in [6, 6.07) is 49.1. The molecule has 1 aliphatic heterocycles. The van der Waals surface area contributed by atoms with E-state index in [1.165, 1.54) is 69.4 Å². The van der Waals surface area contributed by atoms with Crippen LogP contribution in [0.1, 0.15) is 35.1 Å². The zero-order valence-corrected chi connectivity index (χ0v) is 24.9. The van der Waals surface area contributed by atoms with Gasteiger partial charge in [-0.25, -0.2) is 0 Å². The number of aromatic nitrogens is 1. The van der Waals surface area contributed by atoms with Crippen molar-refractivity contribution in [2.45, 2.75) is 32.2 Å². The number of aryl methyl sites for hydroxylation is 2. The molecule has 0 spiro atoms. The molecule has 2 heteroatoms. The Morgan fingerprint density at radius 2 is 1.23 bits per heavy atom. The smallest absolute Gasteiger partial charge is 0.0701 e. The number of hydrogen-bond donors (Lipinski definition) is 0.